The van der Waals surface area contributed by atoms with Crippen LogP contribution in [0.2, 0.25) is 0 Å². The second kappa shape index (κ2) is 6.72. The molecule has 20 heavy (non-hydrogen) atoms. The highest BCUT2D eigenvalue weighted by atomic mass is 16.5. The molecule has 2 unspecified atom stereocenters. The molecule has 0 aromatic heterocycles. The molecule has 1 aliphatic rings. The number of phenolic OH excluding ortho intramolecular Hbond substituents is 1. The Morgan fingerprint density at radius 1 is 1.50 bits per heavy atom. The van der Waals surface area contributed by atoms with Gasteiger partial charge in [-0.3, -0.25) is 4.79 Å². The molecule has 0 bridgehead atoms. The first-order valence-corrected chi connectivity index (χ1v) is 6.98. The summed E-state index contributed by atoms with van der Waals surface area (Å²) in [6, 6.07) is 6.24. The van der Waals surface area contributed by atoms with Gasteiger partial charge in [0.2, 0.25) is 5.91 Å². The van der Waals surface area contributed by atoms with Crippen molar-refractivity contribution in [2.75, 3.05) is 13.2 Å². The zero-order valence-electron chi connectivity index (χ0n) is 11.7. The molecule has 5 heteroatoms. The van der Waals surface area contributed by atoms with Crippen LogP contribution in [0.4, 0.5) is 0 Å². The zero-order valence-corrected chi connectivity index (χ0v) is 11.7. The number of hydrogen-bond donors (Lipinski definition) is 3. The van der Waals surface area contributed by atoms with Gasteiger partial charge in [-0.05, 0) is 37.5 Å². The van der Waals surface area contributed by atoms with Crippen LogP contribution in [0, 0.1) is 5.92 Å². The van der Waals surface area contributed by atoms with Crippen LogP contribution < -0.4 is 11.1 Å². The minimum atomic E-state index is -0.579. The summed E-state index contributed by atoms with van der Waals surface area (Å²) in [5, 5.41) is 12.2. The molecule has 2 rings (SSSR count). The van der Waals surface area contributed by atoms with Gasteiger partial charge >= 0.3 is 0 Å². The van der Waals surface area contributed by atoms with Crippen molar-refractivity contribution in [2.24, 2.45) is 11.7 Å². The number of phenols is 1. The number of aromatic hydroxyl groups is 1. The lowest BCUT2D eigenvalue weighted by Gasteiger charge is -2.21. The Bertz CT molecular complexity index is 441. The van der Waals surface area contributed by atoms with Crippen LogP contribution in [-0.4, -0.2) is 36.3 Å². The summed E-state index contributed by atoms with van der Waals surface area (Å²) in [4.78, 5) is 12.1. The summed E-state index contributed by atoms with van der Waals surface area (Å²) in [6.07, 6.45) is 1.44. The Hall–Kier alpha value is -1.59. The third-order valence-corrected chi connectivity index (χ3v) is 3.77. The molecule has 1 fully saturated rings. The highest BCUT2D eigenvalue weighted by Crippen LogP contribution is 2.16. The van der Waals surface area contributed by atoms with Gasteiger partial charge in [-0.15, -0.1) is 0 Å². The van der Waals surface area contributed by atoms with Gasteiger partial charge in [0.15, 0.2) is 0 Å². The first kappa shape index (κ1) is 14.8. The van der Waals surface area contributed by atoms with E-state index in [1.54, 1.807) is 24.3 Å². The first-order chi connectivity index (χ1) is 9.56. The van der Waals surface area contributed by atoms with Crippen LogP contribution >= 0.6 is 0 Å². The molecule has 1 heterocycles. The van der Waals surface area contributed by atoms with E-state index in [-0.39, 0.29) is 17.7 Å². The van der Waals surface area contributed by atoms with Crippen molar-refractivity contribution < 1.29 is 14.6 Å². The molecule has 0 aliphatic carbocycles. The smallest absolute Gasteiger partial charge is 0.237 e. The summed E-state index contributed by atoms with van der Waals surface area (Å²) in [7, 11) is 0. The van der Waals surface area contributed by atoms with Crippen LogP contribution in [0.3, 0.4) is 0 Å². The van der Waals surface area contributed by atoms with E-state index >= 15 is 0 Å². The summed E-state index contributed by atoms with van der Waals surface area (Å²) in [5.41, 5.74) is 6.86. The fraction of sp³-hybridized carbons (Fsp3) is 0.533. The Morgan fingerprint density at radius 2 is 2.20 bits per heavy atom. The third kappa shape index (κ3) is 3.95. The van der Waals surface area contributed by atoms with Gasteiger partial charge < -0.3 is 20.9 Å². The number of rotatable bonds is 5. The molecule has 1 saturated heterocycles. The normalized spacial score (nSPS) is 21.4. The minimum Gasteiger partial charge on any atom is -0.508 e. The van der Waals surface area contributed by atoms with Gasteiger partial charge in [0.25, 0.3) is 0 Å². The summed E-state index contributed by atoms with van der Waals surface area (Å²) < 4.78 is 5.32. The second-order valence-electron chi connectivity index (χ2n) is 5.40. The Labute approximate surface area is 119 Å². The average Bonchev–Trinajstić information content (AvgIpc) is 2.95. The standard InChI is InChI=1S/C15H22N2O3/c1-10(12-6-7-20-9-12)17-15(19)14(16)8-11-2-4-13(18)5-3-11/h2-5,10,12,14,18H,6-9,16H2,1H3,(H,17,19)/t10?,12?,14-/m0/s1. The van der Waals surface area contributed by atoms with Crippen molar-refractivity contribution in [2.45, 2.75) is 31.8 Å². The van der Waals surface area contributed by atoms with E-state index in [2.05, 4.69) is 5.32 Å². The highest BCUT2D eigenvalue weighted by molar-refractivity contribution is 5.82. The molecule has 0 radical (unpaired) electrons. The van der Waals surface area contributed by atoms with Crippen molar-refractivity contribution in [1.82, 2.24) is 5.32 Å². The largest absolute Gasteiger partial charge is 0.508 e. The van der Waals surface area contributed by atoms with Crippen LogP contribution in [0.1, 0.15) is 18.9 Å². The van der Waals surface area contributed by atoms with Crippen LogP contribution in [0.15, 0.2) is 24.3 Å². The molecule has 1 aromatic rings. The Kier molecular flexibility index (Phi) is 4.98. The monoisotopic (exact) mass is 278 g/mol. The predicted octanol–water partition coefficient (Wildman–Crippen LogP) is 0.803. The van der Waals surface area contributed by atoms with E-state index in [0.717, 1.165) is 18.6 Å². The van der Waals surface area contributed by atoms with Crippen LogP contribution in [-0.2, 0) is 16.0 Å². The lowest BCUT2D eigenvalue weighted by Crippen LogP contribution is -2.47. The maximum atomic E-state index is 12.1. The van der Waals surface area contributed by atoms with Gasteiger partial charge in [-0.25, -0.2) is 0 Å². The number of ether oxygens (including phenoxy) is 1. The quantitative estimate of drug-likeness (QED) is 0.744. The number of nitrogens with one attached hydrogen (secondary N) is 1. The molecule has 0 saturated carbocycles. The lowest BCUT2D eigenvalue weighted by molar-refractivity contribution is -0.123. The molecule has 1 amide bonds. The van der Waals surface area contributed by atoms with Crippen molar-refractivity contribution >= 4 is 5.91 Å². The molecule has 5 nitrogen and oxygen atoms in total. The number of benzene rings is 1. The average molecular weight is 278 g/mol. The number of carbonyl (C=O) groups is 1. The van der Waals surface area contributed by atoms with Gasteiger partial charge in [-0.1, -0.05) is 12.1 Å². The van der Waals surface area contributed by atoms with Crippen molar-refractivity contribution in [3.05, 3.63) is 29.8 Å². The molecule has 3 atom stereocenters. The van der Waals surface area contributed by atoms with E-state index in [1.165, 1.54) is 0 Å². The van der Waals surface area contributed by atoms with E-state index < -0.39 is 6.04 Å². The van der Waals surface area contributed by atoms with E-state index in [9.17, 15) is 9.90 Å². The van der Waals surface area contributed by atoms with Gasteiger partial charge in [0.05, 0.1) is 12.6 Å². The van der Waals surface area contributed by atoms with E-state index in [0.29, 0.717) is 18.9 Å². The fourth-order valence-corrected chi connectivity index (χ4v) is 2.38. The molecule has 110 valence electrons. The molecule has 0 spiro atoms. The minimum absolute atomic E-state index is 0.0795. The topological polar surface area (TPSA) is 84.6 Å². The van der Waals surface area contributed by atoms with Gasteiger partial charge in [0.1, 0.15) is 5.75 Å². The van der Waals surface area contributed by atoms with Gasteiger partial charge in [0, 0.05) is 18.6 Å². The van der Waals surface area contributed by atoms with Crippen LogP contribution in [0.5, 0.6) is 5.75 Å². The zero-order chi connectivity index (χ0) is 14.5. The fourth-order valence-electron chi connectivity index (χ4n) is 2.38. The summed E-state index contributed by atoms with van der Waals surface area (Å²) in [5.74, 6) is 0.443. The highest BCUT2D eigenvalue weighted by Gasteiger charge is 2.25. The first-order valence-electron chi connectivity index (χ1n) is 6.98. The SMILES string of the molecule is CC(NC(=O)[C@@H](N)Cc1ccc(O)cc1)C1CCOC1. The summed E-state index contributed by atoms with van der Waals surface area (Å²) in [6.45, 7) is 3.46. The predicted molar refractivity (Wildman–Crippen MR) is 76.3 cm³/mol. The number of amides is 1. The van der Waals surface area contributed by atoms with E-state index in [1.807, 2.05) is 6.92 Å². The van der Waals surface area contributed by atoms with E-state index in [4.69, 9.17) is 10.5 Å². The number of nitrogens with two attached hydrogens (primary N) is 1. The van der Waals surface area contributed by atoms with Crippen molar-refractivity contribution in [3.8, 4) is 5.75 Å². The maximum absolute atomic E-state index is 12.1. The Balaban J connectivity index is 1.83. The molecule has 1 aromatic carbocycles. The van der Waals surface area contributed by atoms with Crippen molar-refractivity contribution in [1.29, 1.82) is 0 Å². The lowest BCUT2D eigenvalue weighted by atomic mass is 9.99. The van der Waals surface area contributed by atoms with Crippen LogP contribution in [0.25, 0.3) is 0 Å². The molecule has 1 aliphatic heterocycles. The second-order valence-corrected chi connectivity index (χ2v) is 5.40. The molecule has 4 N–H and O–H groups in total. The maximum Gasteiger partial charge on any atom is 0.237 e. The Morgan fingerprint density at radius 3 is 2.80 bits per heavy atom. The molecular weight excluding hydrogens is 256 g/mol. The number of carbonyl (C=O) groups excluding carboxylic acids is 1. The summed E-state index contributed by atoms with van der Waals surface area (Å²) >= 11 is 0. The third-order valence-electron chi connectivity index (χ3n) is 3.77. The molecular formula is C15H22N2O3. The van der Waals surface area contributed by atoms with Gasteiger partial charge in [-0.2, -0.15) is 0 Å². The van der Waals surface area contributed by atoms with Crippen molar-refractivity contribution in [3.63, 3.8) is 0 Å². The number of hydrogen-bond acceptors (Lipinski definition) is 4.